The molecule has 1 aromatic heterocycles. The molecule has 0 radical (unpaired) electrons. The van der Waals surface area contributed by atoms with Crippen molar-refractivity contribution < 1.29 is 0 Å². The van der Waals surface area contributed by atoms with E-state index in [0.717, 1.165) is 0 Å². The molecule has 0 spiro atoms. The van der Waals surface area contributed by atoms with Crippen molar-refractivity contribution in [2.75, 3.05) is 9.80 Å². The molecule has 1 aliphatic carbocycles. The molecule has 3 heterocycles. The van der Waals surface area contributed by atoms with Crippen molar-refractivity contribution in [3.63, 3.8) is 0 Å². The first-order chi connectivity index (χ1) is 28.2. The third-order valence-corrected chi connectivity index (χ3v) is 15.5. The van der Waals surface area contributed by atoms with Crippen molar-refractivity contribution >= 4 is 78.0 Å². The quantitative estimate of drug-likeness (QED) is 0.161. The second-order valence-corrected chi connectivity index (χ2v) is 23.0. The van der Waals surface area contributed by atoms with E-state index >= 15 is 0 Å². The van der Waals surface area contributed by atoms with E-state index in [0.29, 0.717) is 0 Å². The van der Waals surface area contributed by atoms with Crippen LogP contribution in [0.25, 0.3) is 10.1 Å². The zero-order chi connectivity index (χ0) is 42.5. The Balaban J connectivity index is 1.31. The zero-order valence-electron chi connectivity index (χ0n) is 37.9. The normalized spacial score (nSPS) is 16.2. The van der Waals surface area contributed by atoms with E-state index < -0.39 is 0 Å². The molecule has 10 rings (SSSR count). The molecule has 7 aromatic rings. The van der Waals surface area contributed by atoms with Gasteiger partial charge < -0.3 is 9.80 Å². The number of thiophene rings is 1. The topological polar surface area (TPSA) is 6.48 Å². The number of nitrogens with zero attached hydrogens (tertiary/aromatic N) is 2. The molecule has 4 heteroatoms. The van der Waals surface area contributed by atoms with Crippen LogP contribution in [0, 0.1) is 0 Å². The van der Waals surface area contributed by atoms with Gasteiger partial charge in [-0.25, -0.2) is 0 Å². The van der Waals surface area contributed by atoms with Crippen molar-refractivity contribution in [2.45, 2.75) is 117 Å². The fourth-order valence-corrected chi connectivity index (χ4v) is 12.3. The monoisotopic (exact) mass is 802 g/mol. The van der Waals surface area contributed by atoms with Gasteiger partial charge in [-0.15, -0.1) is 11.3 Å². The molecule has 0 fully saturated rings. The van der Waals surface area contributed by atoms with Gasteiger partial charge in [-0.05, 0) is 109 Å². The van der Waals surface area contributed by atoms with E-state index in [4.69, 9.17) is 0 Å². The Kier molecular flexibility index (Phi) is 8.30. The average molecular weight is 803 g/mol. The number of benzene rings is 6. The molecule has 2 aliphatic heterocycles. The maximum absolute atomic E-state index is 2.62. The van der Waals surface area contributed by atoms with E-state index in [2.05, 4.69) is 232 Å². The zero-order valence-corrected chi connectivity index (χ0v) is 38.7. The highest BCUT2D eigenvalue weighted by molar-refractivity contribution is 7.34. The summed E-state index contributed by atoms with van der Waals surface area (Å²) in [4.78, 5) is 5.17. The van der Waals surface area contributed by atoms with Crippen molar-refractivity contribution in [2.24, 2.45) is 0 Å². The molecular weight excluding hydrogens is 744 g/mol. The lowest BCUT2D eigenvalue weighted by Crippen LogP contribution is -2.60. The number of hydrogen-bond donors (Lipinski definition) is 0. The number of rotatable bonds is 2. The van der Waals surface area contributed by atoms with E-state index in [1.54, 1.807) is 0 Å². The highest BCUT2D eigenvalue weighted by Crippen LogP contribution is 2.55. The molecule has 0 unspecified atom stereocenters. The molecular formula is C56H59BN2S. The Morgan fingerprint density at radius 2 is 1.00 bits per heavy atom. The minimum absolute atomic E-state index is 0.00538. The van der Waals surface area contributed by atoms with Crippen LogP contribution in [-0.2, 0) is 27.1 Å². The highest BCUT2D eigenvalue weighted by atomic mass is 32.1. The van der Waals surface area contributed by atoms with Gasteiger partial charge in [0.2, 0.25) is 0 Å². The second kappa shape index (κ2) is 12.7. The van der Waals surface area contributed by atoms with Crippen molar-refractivity contribution in [3.8, 4) is 0 Å². The Morgan fingerprint density at radius 1 is 0.483 bits per heavy atom. The summed E-state index contributed by atoms with van der Waals surface area (Å²) in [7, 11) is 0. The van der Waals surface area contributed by atoms with Crippen LogP contribution < -0.4 is 25.5 Å². The smallest absolute Gasteiger partial charge is 0.264 e. The molecule has 0 saturated heterocycles. The summed E-state index contributed by atoms with van der Waals surface area (Å²) in [6, 6.07) is 47.3. The molecule has 0 amide bonds. The number of fused-ring (bicyclic) bond motifs is 9. The first-order valence-corrected chi connectivity index (χ1v) is 22.8. The summed E-state index contributed by atoms with van der Waals surface area (Å²) in [5, 5.41) is 1.35. The van der Waals surface area contributed by atoms with Gasteiger partial charge in [-0.1, -0.05) is 169 Å². The molecule has 0 atom stereocenters. The molecule has 6 aromatic carbocycles. The van der Waals surface area contributed by atoms with Gasteiger partial charge in [0.1, 0.15) is 0 Å². The molecule has 0 N–H and O–H groups in total. The van der Waals surface area contributed by atoms with Gasteiger partial charge in [0.15, 0.2) is 0 Å². The van der Waals surface area contributed by atoms with Crippen LogP contribution in [0.15, 0.2) is 121 Å². The summed E-state index contributed by atoms with van der Waals surface area (Å²) >= 11 is 2.06. The summed E-state index contributed by atoms with van der Waals surface area (Å²) in [6.07, 6.45) is 0. The van der Waals surface area contributed by atoms with Crippen LogP contribution in [0.5, 0.6) is 0 Å². The molecule has 2 nitrogen and oxygen atoms in total. The fraction of sp³-hybridized carbons (Fsp3) is 0.321. The lowest BCUT2D eigenvalue weighted by molar-refractivity contribution is 0.525. The molecule has 302 valence electrons. The largest absolute Gasteiger partial charge is 0.311 e. The number of hydrogen-bond acceptors (Lipinski definition) is 3. The van der Waals surface area contributed by atoms with E-state index in [-0.39, 0.29) is 33.8 Å². The SMILES string of the molecule is CC(C)(C)c1ccc(N2c3ccc(C(C)(C)C)cc3B3c4sc5c6c(ccc5c4N(c4ccc(C(C)(C)C)cc4)c4cccc2c43)C(C)(C)c2ccccc2C6(C)C)cc1. The van der Waals surface area contributed by atoms with Crippen LogP contribution in [0.2, 0.25) is 0 Å². The van der Waals surface area contributed by atoms with E-state index in [9.17, 15) is 0 Å². The molecule has 0 saturated carbocycles. The first kappa shape index (κ1) is 39.1. The Hall–Kier alpha value is -5.06. The summed E-state index contributed by atoms with van der Waals surface area (Å²) in [6.45, 7) is 30.7. The average Bonchev–Trinajstić information content (AvgIpc) is 3.58. The molecule has 3 aliphatic rings. The Labute approximate surface area is 363 Å². The maximum Gasteiger partial charge on any atom is 0.264 e. The summed E-state index contributed by atoms with van der Waals surface area (Å²) < 4.78 is 2.85. The maximum atomic E-state index is 2.62. The van der Waals surface area contributed by atoms with Crippen LogP contribution in [0.3, 0.4) is 0 Å². The van der Waals surface area contributed by atoms with Gasteiger partial charge in [0.05, 0.1) is 5.69 Å². The Morgan fingerprint density at radius 3 is 1.57 bits per heavy atom. The van der Waals surface area contributed by atoms with E-state index in [1.165, 1.54) is 98.9 Å². The summed E-state index contributed by atoms with van der Waals surface area (Å²) in [5.74, 6) is 0. The van der Waals surface area contributed by atoms with Crippen molar-refractivity contribution in [1.82, 2.24) is 0 Å². The Bertz CT molecular complexity index is 2870. The van der Waals surface area contributed by atoms with Crippen LogP contribution in [0.4, 0.5) is 34.1 Å². The van der Waals surface area contributed by atoms with Gasteiger partial charge in [0, 0.05) is 54.1 Å². The van der Waals surface area contributed by atoms with Gasteiger partial charge in [-0.2, -0.15) is 0 Å². The predicted octanol–water partition coefficient (Wildman–Crippen LogP) is 13.8. The first-order valence-electron chi connectivity index (χ1n) is 22.0. The van der Waals surface area contributed by atoms with Crippen LogP contribution >= 0.6 is 11.3 Å². The van der Waals surface area contributed by atoms with Crippen LogP contribution in [0.1, 0.15) is 129 Å². The van der Waals surface area contributed by atoms with E-state index in [1.807, 2.05) is 0 Å². The fourth-order valence-electron chi connectivity index (χ4n) is 10.7. The van der Waals surface area contributed by atoms with Crippen molar-refractivity contribution in [3.05, 3.63) is 160 Å². The third kappa shape index (κ3) is 5.58. The molecule has 60 heavy (non-hydrogen) atoms. The summed E-state index contributed by atoms with van der Waals surface area (Å²) in [5.41, 5.74) is 20.0. The van der Waals surface area contributed by atoms with Gasteiger partial charge in [-0.3, -0.25) is 0 Å². The minimum atomic E-state index is -0.175. The standard InChI is InChI=1S/C56H59BN2S/c1-52(2,3)34-21-26-37(27-22-34)58-44-32-25-36(54(7,8)9)33-43(44)57-48-45(58)19-16-20-46(48)59(38-28-23-35(24-29-38)53(4,5)6)49-39-30-31-42-47(50(39)60-51(49)57)56(12,13)41-18-15-14-17-40(41)55(42,10)11/h14-33H,1-13H3. The van der Waals surface area contributed by atoms with Crippen LogP contribution in [-0.4, -0.2) is 6.71 Å². The lowest BCUT2D eigenvalue weighted by atomic mass is 9.36. The second-order valence-electron chi connectivity index (χ2n) is 21.9. The lowest BCUT2D eigenvalue weighted by Gasteiger charge is -2.44. The minimum Gasteiger partial charge on any atom is -0.311 e. The van der Waals surface area contributed by atoms with Gasteiger partial charge >= 0.3 is 0 Å². The van der Waals surface area contributed by atoms with Gasteiger partial charge in [0.25, 0.3) is 6.71 Å². The predicted molar refractivity (Wildman–Crippen MR) is 263 cm³/mol. The number of anilines is 6. The molecule has 0 bridgehead atoms. The third-order valence-electron chi connectivity index (χ3n) is 14.2. The van der Waals surface area contributed by atoms with Crippen molar-refractivity contribution in [1.29, 1.82) is 0 Å². The highest BCUT2D eigenvalue weighted by Gasteiger charge is 2.48.